The van der Waals surface area contributed by atoms with Gasteiger partial charge in [-0.2, -0.15) is 0 Å². The van der Waals surface area contributed by atoms with E-state index in [1.807, 2.05) is 0 Å². The van der Waals surface area contributed by atoms with Crippen LogP contribution in [0, 0.1) is 5.92 Å². The molecule has 5 heteroatoms. The Morgan fingerprint density at radius 3 is 2.73 bits per heavy atom. The van der Waals surface area contributed by atoms with Crippen molar-refractivity contribution in [1.82, 2.24) is 5.32 Å². The van der Waals surface area contributed by atoms with Crippen LogP contribution in [0.5, 0.6) is 0 Å². The SMILES string of the molecule is CC(CC(=O)O)NC(=O)C1C=CC(N)C1. The van der Waals surface area contributed by atoms with E-state index in [9.17, 15) is 9.59 Å². The van der Waals surface area contributed by atoms with Gasteiger partial charge in [0.2, 0.25) is 5.91 Å². The predicted octanol–water partition coefficient (Wildman–Crippen LogP) is -0.131. The molecule has 0 spiro atoms. The molecule has 0 aromatic rings. The van der Waals surface area contributed by atoms with Crippen LogP contribution in [0.4, 0.5) is 0 Å². The van der Waals surface area contributed by atoms with Crippen molar-refractivity contribution in [3.63, 3.8) is 0 Å². The van der Waals surface area contributed by atoms with Crippen molar-refractivity contribution in [2.24, 2.45) is 11.7 Å². The lowest BCUT2D eigenvalue weighted by Gasteiger charge is -2.15. The zero-order valence-corrected chi connectivity index (χ0v) is 8.64. The normalized spacial score (nSPS) is 26.3. The molecule has 15 heavy (non-hydrogen) atoms. The van der Waals surface area contributed by atoms with Gasteiger partial charge in [-0.05, 0) is 13.3 Å². The number of hydrogen-bond acceptors (Lipinski definition) is 3. The molecule has 0 bridgehead atoms. The third-order valence-corrected chi connectivity index (χ3v) is 2.32. The summed E-state index contributed by atoms with van der Waals surface area (Å²) in [5.74, 6) is -1.27. The van der Waals surface area contributed by atoms with Gasteiger partial charge in [0, 0.05) is 12.1 Å². The highest BCUT2D eigenvalue weighted by molar-refractivity contribution is 5.82. The van der Waals surface area contributed by atoms with Gasteiger partial charge >= 0.3 is 5.97 Å². The second kappa shape index (κ2) is 4.93. The zero-order chi connectivity index (χ0) is 11.4. The fraction of sp³-hybridized carbons (Fsp3) is 0.600. The van der Waals surface area contributed by atoms with Gasteiger partial charge in [0.25, 0.3) is 0 Å². The molecule has 0 aliphatic heterocycles. The van der Waals surface area contributed by atoms with Crippen molar-refractivity contribution in [2.45, 2.75) is 31.8 Å². The van der Waals surface area contributed by atoms with Crippen LogP contribution < -0.4 is 11.1 Å². The van der Waals surface area contributed by atoms with Crippen LogP contribution in [0.15, 0.2) is 12.2 Å². The lowest BCUT2D eigenvalue weighted by Crippen LogP contribution is -2.38. The molecule has 0 saturated heterocycles. The van der Waals surface area contributed by atoms with Gasteiger partial charge in [0.1, 0.15) is 0 Å². The zero-order valence-electron chi connectivity index (χ0n) is 8.64. The second-order valence-corrected chi connectivity index (χ2v) is 3.90. The fourth-order valence-corrected chi connectivity index (χ4v) is 1.58. The third kappa shape index (κ3) is 3.71. The van der Waals surface area contributed by atoms with E-state index in [4.69, 9.17) is 10.8 Å². The van der Waals surface area contributed by atoms with E-state index in [1.165, 1.54) is 0 Å². The molecule has 1 aliphatic carbocycles. The molecule has 3 unspecified atom stereocenters. The summed E-state index contributed by atoms with van der Waals surface area (Å²) in [6.07, 6.45) is 4.11. The number of carboxylic acids is 1. The second-order valence-electron chi connectivity index (χ2n) is 3.90. The predicted molar refractivity (Wildman–Crippen MR) is 55.1 cm³/mol. The first-order chi connectivity index (χ1) is 6.99. The summed E-state index contributed by atoms with van der Waals surface area (Å²) in [7, 11) is 0. The molecule has 0 fully saturated rings. The van der Waals surface area contributed by atoms with Gasteiger partial charge in [0.05, 0.1) is 12.3 Å². The van der Waals surface area contributed by atoms with E-state index in [-0.39, 0.29) is 30.3 Å². The van der Waals surface area contributed by atoms with Gasteiger partial charge in [-0.3, -0.25) is 9.59 Å². The Hall–Kier alpha value is -1.36. The summed E-state index contributed by atoms with van der Waals surface area (Å²) >= 11 is 0. The van der Waals surface area contributed by atoms with Crippen molar-refractivity contribution in [1.29, 1.82) is 0 Å². The molecular weight excluding hydrogens is 196 g/mol. The monoisotopic (exact) mass is 212 g/mol. The summed E-state index contributed by atoms with van der Waals surface area (Å²) in [5, 5.41) is 11.2. The summed E-state index contributed by atoms with van der Waals surface area (Å²) in [6.45, 7) is 1.67. The maximum absolute atomic E-state index is 11.6. The molecule has 1 rings (SSSR count). The first-order valence-electron chi connectivity index (χ1n) is 4.95. The van der Waals surface area contributed by atoms with Gasteiger partial charge < -0.3 is 16.2 Å². The van der Waals surface area contributed by atoms with Crippen LogP contribution in [0.1, 0.15) is 19.8 Å². The molecule has 0 aromatic heterocycles. The summed E-state index contributed by atoms with van der Waals surface area (Å²) in [6, 6.07) is -0.407. The number of hydrogen-bond donors (Lipinski definition) is 3. The molecule has 1 aliphatic rings. The highest BCUT2D eigenvalue weighted by Gasteiger charge is 2.23. The number of carbonyl (C=O) groups excluding carboxylic acids is 1. The van der Waals surface area contributed by atoms with E-state index in [0.717, 1.165) is 0 Å². The molecule has 84 valence electrons. The summed E-state index contributed by atoms with van der Waals surface area (Å²) in [4.78, 5) is 22.0. The number of nitrogens with one attached hydrogen (secondary N) is 1. The third-order valence-electron chi connectivity index (χ3n) is 2.32. The van der Waals surface area contributed by atoms with Gasteiger partial charge in [0.15, 0.2) is 0 Å². The molecule has 3 atom stereocenters. The number of rotatable bonds is 4. The smallest absolute Gasteiger partial charge is 0.305 e. The first-order valence-corrected chi connectivity index (χ1v) is 4.95. The Balaban J connectivity index is 2.36. The number of aliphatic carboxylic acids is 1. The van der Waals surface area contributed by atoms with Crippen LogP contribution in [0.2, 0.25) is 0 Å². The highest BCUT2D eigenvalue weighted by atomic mass is 16.4. The topological polar surface area (TPSA) is 92.4 Å². The maximum Gasteiger partial charge on any atom is 0.305 e. The van der Waals surface area contributed by atoms with Crippen molar-refractivity contribution >= 4 is 11.9 Å². The van der Waals surface area contributed by atoms with Crippen LogP contribution in [-0.2, 0) is 9.59 Å². The molecular formula is C10H16N2O3. The summed E-state index contributed by atoms with van der Waals surface area (Å²) < 4.78 is 0. The first kappa shape index (κ1) is 11.7. The minimum absolute atomic E-state index is 0.0597. The number of carbonyl (C=O) groups is 2. The minimum atomic E-state index is -0.915. The molecule has 0 radical (unpaired) electrons. The van der Waals surface area contributed by atoms with Gasteiger partial charge in [-0.25, -0.2) is 0 Å². The van der Waals surface area contributed by atoms with E-state index in [2.05, 4.69) is 5.32 Å². The van der Waals surface area contributed by atoms with Crippen molar-refractivity contribution in [3.8, 4) is 0 Å². The molecule has 1 amide bonds. The average molecular weight is 212 g/mol. The lowest BCUT2D eigenvalue weighted by molar-refractivity contribution is -0.137. The Morgan fingerprint density at radius 1 is 1.60 bits per heavy atom. The number of nitrogens with two attached hydrogens (primary N) is 1. The van der Waals surface area contributed by atoms with E-state index in [0.29, 0.717) is 6.42 Å². The lowest BCUT2D eigenvalue weighted by atomic mass is 10.1. The standard InChI is InChI=1S/C10H16N2O3/c1-6(4-9(13)14)12-10(15)7-2-3-8(11)5-7/h2-3,6-8H,4-5,11H2,1H3,(H,12,15)(H,13,14). The average Bonchev–Trinajstić information content (AvgIpc) is 2.49. The van der Waals surface area contributed by atoms with Gasteiger partial charge in [-0.15, -0.1) is 0 Å². The molecule has 0 saturated carbocycles. The largest absolute Gasteiger partial charge is 0.481 e. The Bertz CT molecular complexity index is 288. The van der Waals surface area contributed by atoms with E-state index >= 15 is 0 Å². The minimum Gasteiger partial charge on any atom is -0.481 e. The van der Waals surface area contributed by atoms with Crippen LogP contribution in [0.25, 0.3) is 0 Å². The number of amides is 1. The fourth-order valence-electron chi connectivity index (χ4n) is 1.58. The number of carboxylic acid groups (broad SMARTS) is 1. The Labute approximate surface area is 88.3 Å². The van der Waals surface area contributed by atoms with Crippen molar-refractivity contribution in [2.75, 3.05) is 0 Å². The van der Waals surface area contributed by atoms with E-state index < -0.39 is 5.97 Å². The van der Waals surface area contributed by atoms with Crippen LogP contribution >= 0.6 is 0 Å². The molecule has 0 heterocycles. The van der Waals surface area contributed by atoms with Crippen molar-refractivity contribution in [3.05, 3.63) is 12.2 Å². The van der Waals surface area contributed by atoms with Gasteiger partial charge in [-0.1, -0.05) is 12.2 Å². The molecule has 5 nitrogen and oxygen atoms in total. The molecule has 0 aromatic carbocycles. The van der Waals surface area contributed by atoms with Crippen LogP contribution in [-0.4, -0.2) is 29.1 Å². The van der Waals surface area contributed by atoms with Crippen LogP contribution in [0.3, 0.4) is 0 Å². The highest BCUT2D eigenvalue weighted by Crippen LogP contribution is 2.16. The quantitative estimate of drug-likeness (QED) is 0.566. The summed E-state index contributed by atoms with van der Waals surface area (Å²) in [5.41, 5.74) is 5.61. The maximum atomic E-state index is 11.6. The van der Waals surface area contributed by atoms with E-state index in [1.54, 1.807) is 19.1 Å². The van der Waals surface area contributed by atoms with Crippen molar-refractivity contribution < 1.29 is 14.7 Å². The Kier molecular flexibility index (Phi) is 3.85. The molecule has 4 N–H and O–H groups in total. The Morgan fingerprint density at radius 2 is 2.27 bits per heavy atom.